The lowest BCUT2D eigenvalue weighted by molar-refractivity contribution is 0.486. The number of hydrogen-bond acceptors (Lipinski definition) is 7. The lowest BCUT2D eigenvalue weighted by atomic mass is 10.2. The van der Waals surface area contributed by atoms with Crippen LogP contribution in [-0.2, 0) is 7.05 Å². The highest BCUT2D eigenvalue weighted by Gasteiger charge is 2.24. The third kappa shape index (κ3) is 2.37. The maximum absolute atomic E-state index is 12.4. The Bertz CT molecular complexity index is 804. The quantitative estimate of drug-likeness (QED) is 0.771. The monoisotopic (exact) mass is 305 g/mol. The van der Waals surface area contributed by atoms with Gasteiger partial charge in [-0.25, -0.2) is 9.78 Å². The summed E-state index contributed by atoms with van der Waals surface area (Å²) in [5, 5.41) is 10.9. The lowest BCUT2D eigenvalue weighted by Crippen LogP contribution is -2.40. The van der Waals surface area contributed by atoms with E-state index < -0.39 is 5.56 Å². The molecule has 0 radical (unpaired) electrons. The molecule has 0 amide bonds. The molecule has 1 saturated carbocycles. The van der Waals surface area contributed by atoms with E-state index in [2.05, 4.69) is 20.5 Å². The second kappa shape index (κ2) is 5.84. The van der Waals surface area contributed by atoms with Crippen LogP contribution in [0.15, 0.2) is 9.59 Å². The molecule has 9 nitrogen and oxygen atoms in total. The van der Waals surface area contributed by atoms with Crippen molar-refractivity contribution < 1.29 is 0 Å². The Labute approximate surface area is 126 Å². The zero-order chi connectivity index (χ0) is 15.7. The van der Waals surface area contributed by atoms with Crippen molar-refractivity contribution in [3.05, 3.63) is 20.8 Å². The largest absolute Gasteiger partial charge is 0.352 e. The molecule has 22 heavy (non-hydrogen) atoms. The Balaban J connectivity index is 2.22. The maximum Gasteiger partial charge on any atom is 0.332 e. The predicted octanol–water partition coefficient (Wildman–Crippen LogP) is -0.629. The second-order valence-electron chi connectivity index (χ2n) is 5.48. The molecular formula is C13H19N7O2. The van der Waals surface area contributed by atoms with E-state index in [1.165, 1.54) is 7.05 Å². The number of nitrogens with zero attached hydrogens (tertiary/aromatic N) is 5. The smallest absolute Gasteiger partial charge is 0.332 e. The van der Waals surface area contributed by atoms with Gasteiger partial charge in [0.05, 0.1) is 0 Å². The molecular weight excluding hydrogens is 286 g/mol. The minimum Gasteiger partial charge on any atom is -0.352 e. The summed E-state index contributed by atoms with van der Waals surface area (Å²) in [6.45, 7) is 0.900. The van der Waals surface area contributed by atoms with E-state index in [1.54, 1.807) is 4.57 Å². The Morgan fingerprint density at radius 3 is 2.68 bits per heavy atom. The summed E-state index contributed by atoms with van der Waals surface area (Å²) in [4.78, 5) is 29.0. The van der Waals surface area contributed by atoms with Crippen molar-refractivity contribution in [1.29, 1.82) is 0 Å². The van der Waals surface area contributed by atoms with Crippen LogP contribution >= 0.6 is 0 Å². The Morgan fingerprint density at radius 1 is 1.27 bits per heavy atom. The van der Waals surface area contributed by atoms with Crippen LogP contribution in [0.5, 0.6) is 0 Å². The Morgan fingerprint density at radius 2 is 2.00 bits per heavy atom. The molecule has 3 rings (SSSR count). The van der Waals surface area contributed by atoms with Gasteiger partial charge >= 0.3 is 5.69 Å². The first-order valence-corrected chi connectivity index (χ1v) is 7.43. The molecule has 1 aliphatic rings. The van der Waals surface area contributed by atoms with Crippen LogP contribution in [-0.4, -0.2) is 37.4 Å². The van der Waals surface area contributed by atoms with Crippen LogP contribution < -0.4 is 22.3 Å². The van der Waals surface area contributed by atoms with E-state index in [9.17, 15) is 9.59 Å². The van der Waals surface area contributed by atoms with Crippen molar-refractivity contribution in [1.82, 2.24) is 24.3 Å². The van der Waals surface area contributed by atoms with Gasteiger partial charge in [0.1, 0.15) is 0 Å². The fourth-order valence-corrected chi connectivity index (χ4v) is 2.87. The van der Waals surface area contributed by atoms with Gasteiger partial charge in [-0.1, -0.05) is 12.8 Å². The van der Waals surface area contributed by atoms with Crippen molar-refractivity contribution in [3.8, 4) is 0 Å². The van der Waals surface area contributed by atoms with Gasteiger partial charge in [0.2, 0.25) is 5.95 Å². The van der Waals surface area contributed by atoms with Crippen LogP contribution in [0.25, 0.3) is 11.2 Å². The zero-order valence-corrected chi connectivity index (χ0v) is 12.4. The Kier molecular flexibility index (Phi) is 3.88. The van der Waals surface area contributed by atoms with Crippen LogP contribution in [0.4, 0.5) is 5.95 Å². The number of hydrogen-bond donors (Lipinski definition) is 2. The van der Waals surface area contributed by atoms with E-state index in [0.717, 1.165) is 30.3 Å². The number of rotatable bonds is 4. The molecule has 2 aromatic heterocycles. The fraction of sp³-hybridized carbons (Fsp3) is 0.615. The molecule has 0 atom stereocenters. The van der Waals surface area contributed by atoms with Crippen molar-refractivity contribution in [2.24, 2.45) is 12.8 Å². The minimum atomic E-state index is -0.458. The summed E-state index contributed by atoms with van der Waals surface area (Å²) in [6, 6.07) is 0.0563. The van der Waals surface area contributed by atoms with Crippen molar-refractivity contribution in [2.75, 3.05) is 18.4 Å². The summed E-state index contributed by atoms with van der Waals surface area (Å²) >= 11 is 0. The molecule has 0 bridgehead atoms. The molecule has 0 spiro atoms. The molecule has 3 N–H and O–H groups in total. The maximum atomic E-state index is 12.4. The highest BCUT2D eigenvalue weighted by molar-refractivity contribution is 5.69. The Hall–Kier alpha value is -2.29. The zero-order valence-electron chi connectivity index (χ0n) is 12.4. The van der Waals surface area contributed by atoms with E-state index in [-0.39, 0.29) is 28.8 Å². The van der Waals surface area contributed by atoms with Crippen molar-refractivity contribution in [3.63, 3.8) is 0 Å². The molecule has 0 aromatic carbocycles. The van der Waals surface area contributed by atoms with Gasteiger partial charge in [0, 0.05) is 26.2 Å². The predicted molar refractivity (Wildman–Crippen MR) is 81.9 cm³/mol. The molecule has 0 unspecified atom stereocenters. The van der Waals surface area contributed by atoms with Gasteiger partial charge < -0.3 is 11.1 Å². The first-order chi connectivity index (χ1) is 10.6. The highest BCUT2D eigenvalue weighted by atomic mass is 16.2. The first-order valence-electron chi connectivity index (χ1n) is 7.43. The number of nitrogens with one attached hydrogen (secondary N) is 1. The molecule has 118 valence electrons. The van der Waals surface area contributed by atoms with Crippen LogP contribution in [0.3, 0.4) is 0 Å². The first kappa shape index (κ1) is 14.6. The van der Waals surface area contributed by atoms with Gasteiger partial charge in [-0.15, -0.1) is 10.2 Å². The minimum absolute atomic E-state index is 0.0563. The summed E-state index contributed by atoms with van der Waals surface area (Å²) < 4.78 is 2.65. The van der Waals surface area contributed by atoms with E-state index in [1.807, 2.05) is 0 Å². The number of nitrogens with two attached hydrogens (primary N) is 1. The van der Waals surface area contributed by atoms with Gasteiger partial charge in [-0.05, 0) is 12.8 Å². The summed E-state index contributed by atoms with van der Waals surface area (Å²) in [5.41, 5.74) is 5.02. The van der Waals surface area contributed by atoms with Crippen LogP contribution in [0.2, 0.25) is 0 Å². The van der Waals surface area contributed by atoms with Gasteiger partial charge in [-0.2, -0.15) is 0 Å². The van der Waals surface area contributed by atoms with Crippen LogP contribution in [0.1, 0.15) is 31.7 Å². The summed E-state index contributed by atoms with van der Waals surface area (Å²) in [7, 11) is 1.46. The normalized spacial score (nSPS) is 15.5. The van der Waals surface area contributed by atoms with Crippen LogP contribution in [0, 0.1) is 0 Å². The SMILES string of the molecule is Cn1c(=O)c2nc(NCCN)nnc2n(C2CCCC2)c1=O. The number of aromatic nitrogens is 5. The average Bonchev–Trinajstić information content (AvgIpc) is 3.05. The molecule has 2 heterocycles. The standard InChI is InChI=1S/C13H19N7O2/c1-19-11(21)9-10(17-18-12(16-9)15-7-6-14)20(13(19)22)8-4-2-3-5-8/h8H,2-7,14H2,1H3,(H,15,16,18). The van der Waals surface area contributed by atoms with Gasteiger partial charge in [0.15, 0.2) is 11.2 Å². The van der Waals surface area contributed by atoms with Gasteiger partial charge in [-0.3, -0.25) is 13.9 Å². The highest BCUT2D eigenvalue weighted by Crippen LogP contribution is 2.29. The summed E-state index contributed by atoms with van der Waals surface area (Å²) in [6.07, 6.45) is 3.95. The average molecular weight is 305 g/mol. The fourth-order valence-electron chi connectivity index (χ4n) is 2.87. The van der Waals surface area contributed by atoms with E-state index in [0.29, 0.717) is 13.1 Å². The van der Waals surface area contributed by atoms with Crippen molar-refractivity contribution >= 4 is 17.1 Å². The second-order valence-corrected chi connectivity index (χ2v) is 5.48. The van der Waals surface area contributed by atoms with Crippen molar-refractivity contribution in [2.45, 2.75) is 31.7 Å². The van der Waals surface area contributed by atoms with E-state index >= 15 is 0 Å². The lowest BCUT2D eigenvalue weighted by Gasteiger charge is -2.16. The molecule has 0 saturated heterocycles. The molecule has 1 aliphatic carbocycles. The topological polar surface area (TPSA) is 121 Å². The van der Waals surface area contributed by atoms with E-state index in [4.69, 9.17) is 5.73 Å². The third-order valence-electron chi connectivity index (χ3n) is 4.01. The molecule has 9 heteroatoms. The number of anilines is 1. The molecule has 0 aliphatic heterocycles. The summed E-state index contributed by atoms with van der Waals surface area (Å²) in [5.74, 6) is 0.242. The molecule has 1 fully saturated rings. The number of fused-ring (bicyclic) bond motifs is 1. The molecule has 2 aromatic rings. The van der Waals surface area contributed by atoms with Gasteiger partial charge in [0.25, 0.3) is 5.56 Å². The third-order valence-corrected chi connectivity index (χ3v) is 4.01.